The number of hydrogen-bond donors (Lipinski definition) is 0. The lowest BCUT2D eigenvalue weighted by molar-refractivity contribution is -0.494. The van der Waals surface area contributed by atoms with Crippen molar-refractivity contribution in [3.63, 3.8) is 0 Å². The van der Waals surface area contributed by atoms with Crippen LogP contribution in [0.15, 0.2) is 12.1 Å². The Morgan fingerprint density at radius 1 is 1.25 bits per heavy atom. The quantitative estimate of drug-likeness (QED) is 0.205. The van der Waals surface area contributed by atoms with Crippen molar-refractivity contribution >= 4 is 11.8 Å². The first-order valence-electron chi connectivity index (χ1n) is 5.28. The minimum atomic E-state index is -2.53. The van der Waals surface area contributed by atoms with E-state index in [1.807, 2.05) is 0 Å². The van der Waals surface area contributed by atoms with E-state index in [0.717, 1.165) is 0 Å². The number of hydrogen-bond acceptors (Lipinski definition) is 5. The van der Waals surface area contributed by atoms with E-state index in [-0.39, 0.29) is 18.7 Å². The van der Waals surface area contributed by atoms with Gasteiger partial charge in [0.2, 0.25) is 0 Å². The number of carbonyl (C=O) groups is 2. The standard InChI is InChI=1S/C11H8F3NO5/c1-2-20-11(17)9(15(18)19)10(16)5-3-7(13)8(14)4-6(5)12/h3-4,9H,2H2,1H3. The first-order valence-corrected chi connectivity index (χ1v) is 5.28. The highest BCUT2D eigenvalue weighted by molar-refractivity contribution is 6.11. The van der Waals surface area contributed by atoms with E-state index in [2.05, 4.69) is 4.74 Å². The summed E-state index contributed by atoms with van der Waals surface area (Å²) in [4.78, 5) is 32.4. The fourth-order valence-corrected chi connectivity index (χ4v) is 1.37. The molecule has 1 aromatic rings. The Kier molecular flexibility index (Phi) is 4.78. The topological polar surface area (TPSA) is 86.5 Å². The molecule has 1 aromatic carbocycles. The fraction of sp³-hybridized carbons (Fsp3) is 0.273. The van der Waals surface area contributed by atoms with Crippen LogP contribution in [0, 0.1) is 27.6 Å². The normalized spacial score (nSPS) is 11.8. The molecule has 0 aliphatic rings. The summed E-state index contributed by atoms with van der Waals surface area (Å²) >= 11 is 0. The van der Waals surface area contributed by atoms with Gasteiger partial charge in [-0.1, -0.05) is 0 Å². The van der Waals surface area contributed by atoms with Gasteiger partial charge in [-0.3, -0.25) is 14.9 Å². The second-order valence-electron chi connectivity index (χ2n) is 3.55. The van der Waals surface area contributed by atoms with E-state index in [0.29, 0.717) is 0 Å². The predicted molar refractivity (Wildman–Crippen MR) is 58.1 cm³/mol. The summed E-state index contributed by atoms with van der Waals surface area (Å²) in [6.07, 6.45) is 0. The van der Waals surface area contributed by atoms with Gasteiger partial charge in [-0.2, -0.15) is 0 Å². The average molecular weight is 291 g/mol. The number of carbonyl (C=O) groups excluding carboxylic acids is 2. The first-order chi connectivity index (χ1) is 9.29. The zero-order valence-electron chi connectivity index (χ0n) is 10.1. The average Bonchev–Trinajstić information content (AvgIpc) is 2.33. The van der Waals surface area contributed by atoms with Crippen LogP contribution in [0.2, 0.25) is 0 Å². The summed E-state index contributed by atoms with van der Waals surface area (Å²) in [5, 5.41) is 10.7. The lowest BCUT2D eigenvalue weighted by Crippen LogP contribution is -2.39. The van der Waals surface area contributed by atoms with Crippen molar-refractivity contribution in [1.82, 2.24) is 0 Å². The molecule has 0 aliphatic carbocycles. The number of ether oxygens (including phenoxy) is 1. The summed E-state index contributed by atoms with van der Waals surface area (Å²) in [5.41, 5.74) is -1.10. The van der Waals surface area contributed by atoms with E-state index >= 15 is 0 Å². The van der Waals surface area contributed by atoms with Crippen molar-refractivity contribution in [3.8, 4) is 0 Å². The van der Waals surface area contributed by atoms with Crippen LogP contribution in [-0.4, -0.2) is 29.3 Å². The van der Waals surface area contributed by atoms with Gasteiger partial charge in [0, 0.05) is 11.0 Å². The van der Waals surface area contributed by atoms with Gasteiger partial charge >= 0.3 is 12.0 Å². The van der Waals surface area contributed by atoms with Gasteiger partial charge < -0.3 is 4.74 Å². The molecule has 0 saturated heterocycles. The van der Waals surface area contributed by atoms with Crippen LogP contribution in [0.4, 0.5) is 13.2 Å². The molecular formula is C11H8F3NO5. The number of nitrogens with zero attached hydrogens (tertiary/aromatic N) is 1. The van der Waals surface area contributed by atoms with Crippen LogP contribution >= 0.6 is 0 Å². The second-order valence-corrected chi connectivity index (χ2v) is 3.55. The second kappa shape index (κ2) is 6.13. The summed E-state index contributed by atoms with van der Waals surface area (Å²) in [6, 6.07) is -2.32. The predicted octanol–water partition coefficient (Wildman–Crippen LogP) is 1.50. The van der Waals surface area contributed by atoms with Gasteiger partial charge in [0.25, 0.3) is 5.78 Å². The van der Waals surface area contributed by atoms with E-state index in [1.165, 1.54) is 6.92 Å². The molecule has 0 radical (unpaired) electrons. The van der Waals surface area contributed by atoms with Crippen molar-refractivity contribution in [2.75, 3.05) is 6.61 Å². The summed E-state index contributed by atoms with van der Waals surface area (Å²) in [5.74, 6) is -7.77. The lowest BCUT2D eigenvalue weighted by atomic mass is 10.0. The summed E-state index contributed by atoms with van der Waals surface area (Å²) < 4.78 is 43.3. The molecular weight excluding hydrogens is 283 g/mol. The van der Waals surface area contributed by atoms with Crippen LogP contribution in [-0.2, 0) is 9.53 Å². The third-order valence-corrected chi connectivity index (χ3v) is 2.24. The molecule has 0 bridgehead atoms. The Labute approximate surface area is 110 Å². The molecule has 1 unspecified atom stereocenters. The van der Waals surface area contributed by atoms with E-state index in [1.54, 1.807) is 0 Å². The molecule has 9 heteroatoms. The lowest BCUT2D eigenvalue weighted by Gasteiger charge is -2.08. The largest absolute Gasteiger partial charge is 0.461 e. The fourth-order valence-electron chi connectivity index (χ4n) is 1.37. The minimum absolute atomic E-state index is 0.0602. The number of Topliss-reactive ketones (excluding diaryl/α,β-unsaturated/α-hetero) is 1. The third kappa shape index (κ3) is 3.11. The molecule has 0 aromatic heterocycles. The Morgan fingerprint density at radius 2 is 1.80 bits per heavy atom. The monoisotopic (exact) mass is 291 g/mol. The SMILES string of the molecule is CCOC(=O)C(C(=O)c1cc(F)c(F)cc1F)[N+](=O)[O-]. The Balaban J connectivity index is 3.23. The van der Waals surface area contributed by atoms with Gasteiger partial charge in [-0.25, -0.2) is 18.0 Å². The van der Waals surface area contributed by atoms with E-state index in [4.69, 9.17) is 0 Å². The van der Waals surface area contributed by atoms with Crippen molar-refractivity contribution in [2.24, 2.45) is 0 Å². The molecule has 0 amide bonds. The first kappa shape index (κ1) is 15.6. The van der Waals surface area contributed by atoms with Crippen LogP contribution in [0.1, 0.15) is 17.3 Å². The van der Waals surface area contributed by atoms with Crippen LogP contribution < -0.4 is 0 Å². The molecule has 0 N–H and O–H groups in total. The van der Waals surface area contributed by atoms with Gasteiger partial charge in [0.15, 0.2) is 11.6 Å². The number of benzene rings is 1. The van der Waals surface area contributed by atoms with Crippen LogP contribution in [0.5, 0.6) is 0 Å². The zero-order chi connectivity index (χ0) is 15.4. The highest BCUT2D eigenvalue weighted by Gasteiger charge is 2.41. The smallest absolute Gasteiger partial charge is 0.390 e. The maximum Gasteiger partial charge on any atom is 0.390 e. The molecule has 0 heterocycles. The highest BCUT2D eigenvalue weighted by Crippen LogP contribution is 2.17. The number of rotatable bonds is 5. The van der Waals surface area contributed by atoms with Gasteiger partial charge in [0.1, 0.15) is 5.82 Å². The minimum Gasteiger partial charge on any atom is -0.461 e. The Hall–Kier alpha value is -2.45. The molecule has 20 heavy (non-hydrogen) atoms. The molecule has 0 fully saturated rings. The van der Waals surface area contributed by atoms with Gasteiger partial charge in [0.05, 0.1) is 12.2 Å². The van der Waals surface area contributed by atoms with Crippen molar-refractivity contribution in [2.45, 2.75) is 13.0 Å². The van der Waals surface area contributed by atoms with Crippen molar-refractivity contribution < 1.29 is 32.4 Å². The van der Waals surface area contributed by atoms with Gasteiger partial charge in [-0.05, 0) is 13.0 Å². The molecule has 0 saturated carbocycles. The Morgan fingerprint density at radius 3 is 2.30 bits per heavy atom. The molecule has 108 valence electrons. The maximum atomic E-state index is 13.4. The number of halogens is 3. The number of ketones is 1. The number of esters is 1. The summed E-state index contributed by atoms with van der Waals surface area (Å²) in [7, 11) is 0. The van der Waals surface area contributed by atoms with Crippen LogP contribution in [0.3, 0.4) is 0 Å². The van der Waals surface area contributed by atoms with Crippen LogP contribution in [0.25, 0.3) is 0 Å². The third-order valence-electron chi connectivity index (χ3n) is 2.24. The molecule has 0 aliphatic heterocycles. The highest BCUT2D eigenvalue weighted by atomic mass is 19.2. The van der Waals surface area contributed by atoms with E-state index in [9.17, 15) is 32.9 Å². The molecule has 6 nitrogen and oxygen atoms in total. The summed E-state index contributed by atoms with van der Waals surface area (Å²) in [6.45, 7) is 1.11. The molecule has 1 atom stereocenters. The van der Waals surface area contributed by atoms with Crippen molar-refractivity contribution in [3.05, 3.63) is 45.3 Å². The van der Waals surface area contributed by atoms with Crippen molar-refractivity contribution in [1.29, 1.82) is 0 Å². The van der Waals surface area contributed by atoms with E-state index < -0.39 is 45.7 Å². The van der Waals surface area contributed by atoms with Gasteiger partial charge in [-0.15, -0.1) is 0 Å². The molecule has 1 rings (SSSR count). The number of nitro groups is 1. The zero-order valence-corrected chi connectivity index (χ0v) is 10.1. The molecule has 0 spiro atoms. The Bertz CT molecular complexity index is 575. The maximum absolute atomic E-state index is 13.4.